The number of likely N-dealkylation sites (tertiary alicyclic amines) is 1. The van der Waals surface area contributed by atoms with Crippen molar-refractivity contribution in [1.82, 2.24) is 23.7 Å². The maximum absolute atomic E-state index is 15.6. The number of rotatable bonds is 8. The van der Waals surface area contributed by atoms with Crippen molar-refractivity contribution in [3.8, 4) is 11.1 Å². The van der Waals surface area contributed by atoms with Crippen LogP contribution in [0.15, 0.2) is 29.2 Å². The van der Waals surface area contributed by atoms with Crippen LogP contribution in [0.2, 0.25) is 0 Å². The van der Waals surface area contributed by atoms with E-state index in [0.29, 0.717) is 17.8 Å². The van der Waals surface area contributed by atoms with Crippen molar-refractivity contribution < 1.29 is 26.4 Å². The smallest absolute Gasteiger partial charge is 0.301 e. The van der Waals surface area contributed by atoms with E-state index in [2.05, 4.69) is 15.3 Å². The first-order chi connectivity index (χ1) is 19.9. The molecular formula is C27H32F3N7O4S. The standard InChI is InChI=1S/C27H32F3N7O4S/c1-16(38)36-10-6-17(7-11-36)5-9-31-27-32-14-18-13-20(26(39)35(2)25(18)33-27)23-21(29)3-4-22(24(23)30)34-42(40,41)37-12-8-19(28)15-37/h3-4,13-14,17,19,34H,5-12,15H2,1-2H3,(H,31,32,33). The summed E-state index contributed by atoms with van der Waals surface area (Å²) in [5, 5.41) is 3.49. The lowest BCUT2D eigenvalue weighted by molar-refractivity contribution is -0.130. The summed E-state index contributed by atoms with van der Waals surface area (Å²) in [6, 6.07) is 3.03. The van der Waals surface area contributed by atoms with Crippen LogP contribution in [0.1, 0.15) is 32.6 Å². The van der Waals surface area contributed by atoms with Crippen molar-refractivity contribution in [1.29, 1.82) is 0 Å². The topological polar surface area (TPSA) is 130 Å². The minimum absolute atomic E-state index is 0.0199. The number of fused-ring (bicyclic) bond motifs is 1. The van der Waals surface area contributed by atoms with E-state index in [1.165, 1.54) is 19.3 Å². The van der Waals surface area contributed by atoms with Crippen LogP contribution in [-0.2, 0) is 22.1 Å². The average Bonchev–Trinajstić information content (AvgIpc) is 3.41. The lowest BCUT2D eigenvalue weighted by Crippen LogP contribution is -2.37. The molecule has 2 fully saturated rings. The van der Waals surface area contributed by atoms with Gasteiger partial charge in [-0.3, -0.25) is 18.9 Å². The number of benzene rings is 1. The van der Waals surface area contributed by atoms with Crippen molar-refractivity contribution in [2.24, 2.45) is 13.0 Å². The van der Waals surface area contributed by atoms with E-state index in [4.69, 9.17) is 0 Å². The van der Waals surface area contributed by atoms with Gasteiger partial charge in [0.05, 0.1) is 16.8 Å². The zero-order valence-corrected chi connectivity index (χ0v) is 24.1. The summed E-state index contributed by atoms with van der Waals surface area (Å²) in [4.78, 5) is 35.3. The molecule has 2 aliphatic rings. The van der Waals surface area contributed by atoms with Crippen molar-refractivity contribution in [3.63, 3.8) is 0 Å². The van der Waals surface area contributed by atoms with Crippen LogP contribution in [0.25, 0.3) is 22.2 Å². The molecule has 0 radical (unpaired) electrons. The number of nitrogens with one attached hydrogen (secondary N) is 2. The molecule has 1 amide bonds. The number of halogens is 3. The summed E-state index contributed by atoms with van der Waals surface area (Å²) in [5.41, 5.74) is -2.13. The van der Waals surface area contributed by atoms with Gasteiger partial charge in [-0.2, -0.15) is 17.7 Å². The number of hydrogen-bond donors (Lipinski definition) is 2. The Hall–Kier alpha value is -3.72. The second-order valence-corrected chi connectivity index (χ2v) is 12.4. The summed E-state index contributed by atoms with van der Waals surface area (Å²) in [6.45, 7) is 3.20. The molecule has 0 aliphatic carbocycles. The second kappa shape index (κ2) is 11.9. The van der Waals surface area contributed by atoms with Crippen LogP contribution in [0, 0.1) is 17.6 Å². The van der Waals surface area contributed by atoms with Gasteiger partial charge in [-0.15, -0.1) is 0 Å². The molecule has 1 atom stereocenters. The monoisotopic (exact) mass is 607 g/mol. The molecule has 2 saturated heterocycles. The van der Waals surface area contributed by atoms with Gasteiger partial charge in [0.25, 0.3) is 5.56 Å². The Morgan fingerprint density at radius 3 is 2.55 bits per heavy atom. The SMILES string of the molecule is CC(=O)N1CCC(CCNc2ncc3cc(-c4c(F)ccc(NS(=O)(=O)N5CCC(F)C5)c4F)c(=O)n(C)c3n2)CC1. The minimum Gasteiger partial charge on any atom is -0.354 e. The summed E-state index contributed by atoms with van der Waals surface area (Å²) in [5.74, 6) is -1.51. The van der Waals surface area contributed by atoms with Gasteiger partial charge in [0.15, 0.2) is 5.82 Å². The normalized spacial score (nSPS) is 18.5. The van der Waals surface area contributed by atoms with Crippen LogP contribution in [0.3, 0.4) is 0 Å². The molecule has 1 unspecified atom stereocenters. The molecule has 0 spiro atoms. The van der Waals surface area contributed by atoms with E-state index in [-0.39, 0.29) is 42.6 Å². The Kier molecular flexibility index (Phi) is 8.42. The number of carbonyl (C=O) groups is 1. The number of pyridine rings is 1. The molecular weight excluding hydrogens is 575 g/mol. The summed E-state index contributed by atoms with van der Waals surface area (Å²) >= 11 is 0. The first-order valence-corrected chi connectivity index (χ1v) is 15.1. The predicted molar refractivity (Wildman–Crippen MR) is 152 cm³/mol. The molecule has 2 aliphatic heterocycles. The molecule has 0 bridgehead atoms. The highest BCUT2D eigenvalue weighted by Crippen LogP contribution is 2.31. The molecule has 0 saturated carbocycles. The van der Waals surface area contributed by atoms with Gasteiger partial charge in [0, 0.05) is 58.3 Å². The zero-order chi connectivity index (χ0) is 30.2. The highest BCUT2D eigenvalue weighted by Gasteiger charge is 2.32. The van der Waals surface area contributed by atoms with E-state index in [0.717, 1.165) is 53.4 Å². The Balaban J connectivity index is 1.35. The van der Waals surface area contributed by atoms with E-state index in [1.54, 1.807) is 6.92 Å². The number of hydrogen-bond acceptors (Lipinski definition) is 7. The molecule has 2 aromatic heterocycles. The van der Waals surface area contributed by atoms with Gasteiger partial charge in [-0.05, 0) is 49.8 Å². The third-order valence-corrected chi connectivity index (χ3v) is 9.37. The maximum Gasteiger partial charge on any atom is 0.301 e. The molecule has 2 N–H and O–H groups in total. The lowest BCUT2D eigenvalue weighted by atomic mass is 9.93. The van der Waals surface area contributed by atoms with Gasteiger partial charge in [0.2, 0.25) is 11.9 Å². The number of aromatic nitrogens is 3. The van der Waals surface area contributed by atoms with E-state index in [1.807, 2.05) is 9.62 Å². The van der Waals surface area contributed by atoms with Gasteiger partial charge in [-0.1, -0.05) is 0 Å². The van der Waals surface area contributed by atoms with Crippen LogP contribution in [0.4, 0.5) is 24.8 Å². The molecule has 15 heteroatoms. The van der Waals surface area contributed by atoms with E-state index >= 15 is 4.39 Å². The zero-order valence-electron chi connectivity index (χ0n) is 23.2. The number of nitrogens with zero attached hydrogens (tertiary/aromatic N) is 5. The first-order valence-electron chi connectivity index (χ1n) is 13.7. The number of aryl methyl sites for hydroxylation is 1. The van der Waals surface area contributed by atoms with Crippen LogP contribution >= 0.6 is 0 Å². The summed E-state index contributed by atoms with van der Waals surface area (Å²) in [6.07, 6.45) is 2.82. The van der Waals surface area contributed by atoms with Crippen molar-refractivity contribution in [2.45, 2.75) is 38.8 Å². The minimum atomic E-state index is -4.30. The largest absolute Gasteiger partial charge is 0.354 e. The fourth-order valence-electron chi connectivity index (χ4n) is 5.42. The Labute approximate surface area is 240 Å². The number of piperidine rings is 1. The van der Waals surface area contributed by atoms with E-state index in [9.17, 15) is 26.8 Å². The van der Waals surface area contributed by atoms with Gasteiger partial charge >= 0.3 is 10.2 Å². The third-order valence-electron chi connectivity index (χ3n) is 7.88. The summed E-state index contributed by atoms with van der Waals surface area (Å²) in [7, 11) is -2.89. The Morgan fingerprint density at radius 2 is 1.88 bits per heavy atom. The molecule has 42 heavy (non-hydrogen) atoms. The second-order valence-electron chi connectivity index (χ2n) is 10.7. The molecule has 4 heterocycles. The quantitative estimate of drug-likeness (QED) is 0.403. The Morgan fingerprint density at radius 1 is 1.14 bits per heavy atom. The Bertz CT molecular complexity index is 1680. The van der Waals surface area contributed by atoms with E-state index < -0.39 is 44.8 Å². The van der Waals surface area contributed by atoms with Crippen molar-refractivity contribution in [2.75, 3.05) is 42.8 Å². The highest BCUT2D eigenvalue weighted by atomic mass is 32.2. The van der Waals surface area contributed by atoms with Gasteiger partial charge in [0.1, 0.15) is 17.6 Å². The molecule has 3 aromatic rings. The number of amides is 1. The van der Waals surface area contributed by atoms with Crippen molar-refractivity contribution >= 4 is 38.8 Å². The van der Waals surface area contributed by atoms with Crippen LogP contribution < -0.4 is 15.6 Å². The molecule has 11 nitrogen and oxygen atoms in total. The molecule has 5 rings (SSSR count). The van der Waals surface area contributed by atoms with Gasteiger partial charge < -0.3 is 10.2 Å². The predicted octanol–water partition coefficient (Wildman–Crippen LogP) is 3.03. The molecule has 1 aromatic carbocycles. The third kappa shape index (κ3) is 6.07. The molecule has 226 valence electrons. The lowest BCUT2D eigenvalue weighted by Gasteiger charge is -2.31. The average molecular weight is 608 g/mol. The van der Waals surface area contributed by atoms with Crippen LogP contribution in [0.5, 0.6) is 0 Å². The van der Waals surface area contributed by atoms with Crippen LogP contribution in [-0.4, -0.2) is 77.0 Å². The first kappa shape index (κ1) is 29.8. The number of carbonyl (C=O) groups excluding carboxylic acids is 1. The maximum atomic E-state index is 15.6. The summed E-state index contributed by atoms with van der Waals surface area (Å²) < 4.78 is 73.4. The number of anilines is 2. The highest BCUT2D eigenvalue weighted by molar-refractivity contribution is 7.90. The van der Waals surface area contributed by atoms with Crippen molar-refractivity contribution in [3.05, 3.63) is 46.4 Å². The fourth-order valence-corrected chi connectivity index (χ4v) is 6.69. The fraction of sp³-hybridized carbons (Fsp3) is 0.481. The van der Waals surface area contributed by atoms with Gasteiger partial charge in [-0.25, -0.2) is 18.2 Å². The number of alkyl halides is 1.